The number of hydrogen-bond acceptors (Lipinski definition) is 3. The Hall–Kier alpha value is -1.07. The highest BCUT2D eigenvalue weighted by Gasteiger charge is 2.24. The predicted molar refractivity (Wildman–Crippen MR) is 86.8 cm³/mol. The van der Waals surface area contributed by atoms with Gasteiger partial charge < -0.3 is 15.4 Å². The van der Waals surface area contributed by atoms with Crippen LogP contribution in [0.3, 0.4) is 0 Å². The van der Waals surface area contributed by atoms with Crippen molar-refractivity contribution in [1.29, 1.82) is 0 Å². The average molecular weight is 343 g/mol. The Balaban J connectivity index is 0.00000200. The van der Waals surface area contributed by atoms with Crippen LogP contribution in [0.25, 0.3) is 0 Å². The molecule has 20 heavy (non-hydrogen) atoms. The van der Waals surface area contributed by atoms with Gasteiger partial charge in [-0.15, -0.1) is 17.0 Å². The summed E-state index contributed by atoms with van der Waals surface area (Å²) in [6, 6.07) is 3.96. The molecule has 0 fully saturated rings. The summed E-state index contributed by atoms with van der Waals surface area (Å²) >= 11 is 0. The molecule has 5 heteroatoms. The van der Waals surface area contributed by atoms with Crippen LogP contribution in [0.2, 0.25) is 0 Å². The first-order valence-electron chi connectivity index (χ1n) is 6.81. The highest BCUT2D eigenvalue weighted by Crippen LogP contribution is 2.35. The third kappa shape index (κ3) is 3.96. The molecule has 0 saturated carbocycles. The molecule has 112 valence electrons. The van der Waals surface area contributed by atoms with E-state index in [9.17, 15) is 4.79 Å². The summed E-state index contributed by atoms with van der Waals surface area (Å²) in [5, 5.41) is 6.31. The largest absolute Gasteiger partial charge is 0.495 e. The zero-order valence-corrected chi connectivity index (χ0v) is 14.0. The van der Waals surface area contributed by atoms with Crippen LogP contribution in [0.5, 0.6) is 5.75 Å². The van der Waals surface area contributed by atoms with E-state index in [0.29, 0.717) is 12.3 Å². The number of anilines is 1. The quantitative estimate of drug-likeness (QED) is 0.781. The van der Waals surface area contributed by atoms with Crippen LogP contribution in [0.15, 0.2) is 12.1 Å². The monoisotopic (exact) mass is 342 g/mol. The first kappa shape index (κ1) is 17.0. The van der Waals surface area contributed by atoms with Gasteiger partial charge in [0.2, 0.25) is 5.91 Å². The van der Waals surface area contributed by atoms with E-state index in [1.165, 1.54) is 5.56 Å². The number of rotatable bonds is 6. The summed E-state index contributed by atoms with van der Waals surface area (Å²) in [4.78, 5) is 11.6. The molecular weight excluding hydrogens is 320 g/mol. The van der Waals surface area contributed by atoms with Crippen LogP contribution in [-0.4, -0.2) is 19.6 Å². The minimum atomic E-state index is 0. The Morgan fingerprint density at radius 1 is 1.40 bits per heavy atom. The maximum atomic E-state index is 11.6. The van der Waals surface area contributed by atoms with E-state index in [-0.39, 0.29) is 22.9 Å². The lowest BCUT2D eigenvalue weighted by atomic mass is 10.0. The number of nitrogens with one attached hydrogen (secondary N) is 2. The first-order valence-corrected chi connectivity index (χ1v) is 6.81. The number of halogens is 1. The van der Waals surface area contributed by atoms with Crippen molar-refractivity contribution in [1.82, 2.24) is 5.32 Å². The lowest BCUT2D eigenvalue weighted by Gasteiger charge is -2.12. The molecule has 0 bridgehead atoms. The SMILES string of the molecule is Br.COc1ccc(CNCCC(C)C)c2c1NC(=O)C2. The number of carbonyl (C=O) groups excluding carboxylic acids is 1. The molecular formula is C15H23BrN2O2. The number of methoxy groups -OCH3 is 1. The van der Waals surface area contributed by atoms with E-state index in [2.05, 4.69) is 24.5 Å². The second kappa shape index (κ2) is 7.64. The highest BCUT2D eigenvalue weighted by molar-refractivity contribution is 8.93. The van der Waals surface area contributed by atoms with E-state index in [1.54, 1.807) is 7.11 Å². The van der Waals surface area contributed by atoms with Crippen LogP contribution < -0.4 is 15.4 Å². The summed E-state index contributed by atoms with van der Waals surface area (Å²) in [6.45, 7) is 6.23. The molecule has 1 aliphatic rings. The Labute approximate surface area is 131 Å². The molecule has 2 N–H and O–H groups in total. The van der Waals surface area contributed by atoms with E-state index >= 15 is 0 Å². The maximum absolute atomic E-state index is 11.6. The van der Waals surface area contributed by atoms with Crippen molar-refractivity contribution in [2.45, 2.75) is 33.2 Å². The molecule has 0 atom stereocenters. The van der Waals surface area contributed by atoms with Gasteiger partial charge in [0.25, 0.3) is 0 Å². The fourth-order valence-electron chi connectivity index (χ4n) is 2.30. The van der Waals surface area contributed by atoms with Gasteiger partial charge in [-0.25, -0.2) is 0 Å². The van der Waals surface area contributed by atoms with Gasteiger partial charge in [-0.05, 0) is 36.1 Å². The van der Waals surface area contributed by atoms with E-state index in [0.717, 1.165) is 36.5 Å². The Kier molecular flexibility index (Phi) is 6.49. The molecule has 1 aromatic rings. The van der Waals surface area contributed by atoms with Gasteiger partial charge in [0.1, 0.15) is 5.75 Å². The number of carbonyl (C=O) groups is 1. The maximum Gasteiger partial charge on any atom is 0.228 e. The topological polar surface area (TPSA) is 50.4 Å². The summed E-state index contributed by atoms with van der Waals surface area (Å²) < 4.78 is 5.28. The van der Waals surface area contributed by atoms with Gasteiger partial charge >= 0.3 is 0 Å². The van der Waals surface area contributed by atoms with Crippen LogP contribution in [0, 0.1) is 5.92 Å². The molecule has 0 aliphatic carbocycles. The van der Waals surface area contributed by atoms with Gasteiger partial charge in [0.15, 0.2) is 0 Å². The highest BCUT2D eigenvalue weighted by atomic mass is 79.9. The van der Waals surface area contributed by atoms with Gasteiger partial charge in [-0.3, -0.25) is 4.79 Å². The van der Waals surface area contributed by atoms with Crippen molar-refractivity contribution in [3.8, 4) is 5.75 Å². The fourth-order valence-corrected chi connectivity index (χ4v) is 2.30. The predicted octanol–water partition coefficient (Wildman–Crippen LogP) is 2.90. The molecule has 0 aromatic heterocycles. The Bertz CT molecular complexity index is 475. The van der Waals surface area contributed by atoms with Crippen molar-refractivity contribution in [3.05, 3.63) is 23.3 Å². The van der Waals surface area contributed by atoms with E-state index in [1.807, 2.05) is 12.1 Å². The number of hydrogen-bond donors (Lipinski definition) is 2. The second-order valence-corrected chi connectivity index (χ2v) is 5.36. The van der Waals surface area contributed by atoms with Gasteiger partial charge in [0, 0.05) is 6.54 Å². The molecule has 1 amide bonds. The third-order valence-electron chi connectivity index (χ3n) is 3.41. The molecule has 2 rings (SSSR count). The van der Waals surface area contributed by atoms with Crippen molar-refractivity contribution in [2.75, 3.05) is 19.0 Å². The van der Waals surface area contributed by atoms with Crippen LogP contribution >= 0.6 is 17.0 Å². The standard InChI is InChI=1S/C15H22N2O2.BrH/c1-10(2)6-7-16-9-11-4-5-13(19-3)15-12(11)8-14(18)17-15;/h4-5,10,16H,6-9H2,1-3H3,(H,17,18);1H. The number of fused-ring (bicyclic) bond motifs is 1. The smallest absolute Gasteiger partial charge is 0.228 e. The van der Waals surface area contributed by atoms with Crippen molar-refractivity contribution >= 4 is 28.6 Å². The summed E-state index contributed by atoms with van der Waals surface area (Å²) in [6.07, 6.45) is 1.61. The van der Waals surface area contributed by atoms with Crippen molar-refractivity contribution in [2.24, 2.45) is 5.92 Å². The lowest BCUT2D eigenvalue weighted by Crippen LogP contribution is -2.17. The summed E-state index contributed by atoms with van der Waals surface area (Å²) in [7, 11) is 1.63. The van der Waals surface area contributed by atoms with Gasteiger partial charge in [0.05, 0.1) is 19.2 Å². The second-order valence-electron chi connectivity index (χ2n) is 5.36. The lowest BCUT2D eigenvalue weighted by molar-refractivity contribution is -0.115. The molecule has 0 saturated heterocycles. The molecule has 4 nitrogen and oxygen atoms in total. The van der Waals surface area contributed by atoms with Gasteiger partial charge in [-0.1, -0.05) is 19.9 Å². The normalized spacial score (nSPS) is 12.9. The van der Waals surface area contributed by atoms with Crippen LogP contribution in [0.1, 0.15) is 31.4 Å². The van der Waals surface area contributed by atoms with E-state index < -0.39 is 0 Å². The molecule has 1 heterocycles. The van der Waals surface area contributed by atoms with Crippen LogP contribution in [0.4, 0.5) is 5.69 Å². The molecule has 1 aromatic carbocycles. The van der Waals surface area contributed by atoms with Crippen molar-refractivity contribution < 1.29 is 9.53 Å². The third-order valence-corrected chi connectivity index (χ3v) is 3.41. The fraction of sp³-hybridized carbons (Fsp3) is 0.533. The Morgan fingerprint density at radius 3 is 2.80 bits per heavy atom. The molecule has 0 radical (unpaired) electrons. The van der Waals surface area contributed by atoms with E-state index in [4.69, 9.17) is 4.74 Å². The Morgan fingerprint density at radius 2 is 2.15 bits per heavy atom. The summed E-state index contributed by atoms with van der Waals surface area (Å²) in [5.74, 6) is 1.49. The number of benzene rings is 1. The molecule has 0 spiro atoms. The molecule has 1 aliphatic heterocycles. The minimum Gasteiger partial charge on any atom is -0.495 e. The molecule has 0 unspecified atom stereocenters. The van der Waals surface area contributed by atoms with Crippen LogP contribution in [-0.2, 0) is 17.8 Å². The van der Waals surface area contributed by atoms with Crippen molar-refractivity contribution in [3.63, 3.8) is 0 Å². The zero-order valence-electron chi connectivity index (χ0n) is 12.3. The number of ether oxygens (including phenoxy) is 1. The minimum absolute atomic E-state index is 0. The van der Waals surface area contributed by atoms with Gasteiger partial charge in [-0.2, -0.15) is 0 Å². The average Bonchev–Trinajstić information content (AvgIpc) is 2.75. The number of amides is 1. The zero-order chi connectivity index (χ0) is 13.8. The summed E-state index contributed by atoms with van der Waals surface area (Å²) in [5.41, 5.74) is 3.09. The first-order chi connectivity index (χ1) is 9.11.